The van der Waals surface area contributed by atoms with Gasteiger partial charge in [0.15, 0.2) is 16.6 Å². The number of aliphatic imine (C=N–C) groups is 1. The minimum Gasteiger partial charge on any atom is -0.462 e. The van der Waals surface area contributed by atoms with Crippen molar-refractivity contribution in [1.29, 1.82) is 5.41 Å². The van der Waals surface area contributed by atoms with Gasteiger partial charge in [-0.15, -0.1) is 0 Å². The zero-order valence-corrected chi connectivity index (χ0v) is 18.9. The monoisotopic (exact) mass is 443 g/mol. The molecule has 0 bridgehead atoms. The molecule has 2 aliphatic heterocycles. The van der Waals surface area contributed by atoms with Gasteiger partial charge in [0.05, 0.1) is 11.8 Å². The number of amidine groups is 2. The molecule has 0 unspecified atom stereocenters. The zero-order chi connectivity index (χ0) is 22.6. The van der Waals surface area contributed by atoms with Gasteiger partial charge < -0.3 is 8.98 Å². The van der Waals surface area contributed by atoms with E-state index in [2.05, 4.69) is 46.7 Å². The van der Waals surface area contributed by atoms with Crippen LogP contribution in [0.5, 0.6) is 0 Å². The number of hydrazone groups is 1. The number of carbonyl (C=O) groups is 1. The van der Waals surface area contributed by atoms with Crippen molar-refractivity contribution in [3.05, 3.63) is 82.1 Å². The quantitative estimate of drug-likeness (QED) is 0.579. The minimum absolute atomic E-state index is 0.00518. The summed E-state index contributed by atoms with van der Waals surface area (Å²) in [5.41, 5.74) is 6.59. The fraction of sp³-hybridized carbons (Fsp3) is 0.167. The van der Waals surface area contributed by atoms with E-state index in [1.807, 2.05) is 19.9 Å². The van der Waals surface area contributed by atoms with E-state index in [1.165, 1.54) is 27.9 Å². The third kappa shape index (κ3) is 3.23. The highest BCUT2D eigenvalue weighted by Crippen LogP contribution is 2.32. The fourth-order valence-corrected chi connectivity index (χ4v) is 4.77. The normalized spacial score (nSPS) is 17.1. The number of nitrogens with one attached hydrogen (secondary N) is 1. The molecular formula is C24H21N5O2S. The Bertz CT molecular complexity index is 1380. The van der Waals surface area contributed by atoms with Crippen LogP contribution in [0.1, 0.15) is 33.8 Å². The second kappa shape index (κ2) is 7.49. The summed E-state index contributed by atoms with van der Waals surface area (Å²) in [4.78, 5) is 17.0. The Labute approximate surface area is 189 Å². The molecule has 2 aliphatic rings. The summed E-state index contributed by atoms with van der Waals surface area (Å²) in [5.74, 6) is 0.140. The lowest BCUT2D eigenvalue weighted by Crippen LogP contribution is -2.35. The first-order chi connectivity index (χ1) is 15.3. The summed E-state index contributed by atoms with van der Waals surface area (Å²) in [7, 11) is 0. The molecule has 32 heavy (non-hydrogen) atoms. The smallest absolute Gasteiger partial charge is 0.283 e. The maximum Gasteiger partial charge on any atom is 0.283 e. The zero-order valence-electron chi connectivity index (χ0n) is 18.1. The molecule has 3 aromatic rings. The van der Waals surface area contributed by atoms with Crippen LogP contribution in [0.4, 0.5) is 0 Å². The summed E-state index contributed by atoms with van der Waals surface area (Å²) in [6.45, 7) is 8.22. The first kappa shape index (κ1) is 20.3. The van der Waals surface area contributed by atoms with E-state index in [9.17, 15) is 4.79 Å². The van der Waals surface area contributed by atoms with Crippen molar-refractivity contribution in [3.8, 4) is 5.69 Å². The Balaban J connectivity index is 1.55. The number of thioether (sulfide) groups is 1. The van der Waals surface area contributed by atoms with Gasteiger partial charge >= 0.3 is 0 Å². The number of fused-ring (bicyclic) bond motifs is 1. The number of furan rings is 1. The minimum atomic E-state index is -0.443. The average molecular weight is 444 g/mol. The van der Waals surface area contributed by atoms with Gasteiger partial charge in [-0.3, -0.25) is 10.2 Å². The van der Waals surface area contributed by atoms with Gasteiger partial charge in [-0.2, -0.15) is 15.1 Å². The van der Waals surface area contributed by atoms with Crippen LogP contribution >= 0.6 is 11.8 Å². The largest absolute Gasteiger partial charge is 0.462 e. The van der Waals surface area contributed by atoms with Crippen molar-refractivity contribution in [2.45, 2.75) is 27.7 Å². The molecular weight excluding hydrogens is 422 g/mol. The third-order valence-corrected chi connectivity index (χ3v) is 6.49. The van der Waals surface area contributed by atoms with Crippen molar-refractivity contribution < 1.29 is 9.21 Å². The summed E-state index contributed by atoms with van der Waals surface area (Å²) in [6.07, 6.45) is 3.30. The molecule has 5 rings (SSSR count). The van der Waals surface area contributed by atoms with Crippen LogP contribution in [-0.2, 0) is 4.79 Å². The van der Waals surface area contributed by atoms with E-state index in [0.717, 1.165) is 22.6 Å². The molecule has 0 spiro atoms. The average Bonchev–Trinajstić information content (AvgIpc) is 3.47. The van der Waals surface area contributed by atoms with Crippen molar-refractivity contribution in [3.63, 3.8) is 0 Å². The van der Waals surface area contributed by atoms with Gasteiger partial charge in [-0.1, -0.05) is 12.1 Å². The number of hydrogen-bond acceptors (Lipinski definition) is 5. The van der Waals surface area contributed by atoms with Crippen LogP contribution in [0.15, 0.2) is 62.7 Å². The third-order valence-electron chi connectivity index (χ3n) is 5.56. The van der Waals surface area contributed by atoms with Crippen LogP contribution < -0.4 is 0 Å². The van der Waals surface area contributed by atoms with E-state index in [-0.39, 0.29) is 11.4 Å². The Morgan fingerprint density at radius 1 is 1.12 bits per heavy atom. The number of aryl methyl sites for hydroxylation is 3. The van der Waals surface area contributed by atoms with Crippen molar-refractivity contribution in [1.82, 2.24) is 9.58 Å². The number of nitrogens with zero attached hydrogens (tertiary/aromatic N) is 4. The lowest BCUT2D eigenvalue weighted by Gasteiger charge is -2.20. The lowest BCUT2D eigenvalue weighted by atomic mass is 10.1. The summed E-state index contributed by atoms with van der Waals surface area (Å²) >= 11 is 1.22. The molecule has 0 saturated carbocycles. The van der Waals surface area contributed by atoms with Crippen LogP contribution in [-0.4, -0.2) is 31.5 Å². The fourth-order valence-electron chi connectivity index (χ4n) is 3.91. The van der Waals surface area contributed by atoms with Crippen molar-refractivity contribution >= 4 is 39.8 Å². The highest BCUT2D eigenvalue weighted by molar-refractivity contribution is 8.27. The van der Waals surface area contributed by atoms with Gasteiger partial charge in [0.1, 0.15) is 0 Å². The number of rotatable bonds is 3. The van der Waals surface area contributed by atoms with Gasteiger partial charge in [-0.05, 0) is 86.5 Å². The molecule has 0 atom stereocenters. The predicted octanol–water partition coefficient (Wildman–Crippen LogP) is 4.97. The van der Waals surface area contributed by atoms with Crippen LogP contribution in [0.2, 0.25) is 0 Å². The standard InChI is InChI=1S/C24H21N5O2S/c1-13-7-8-14(2)19(10-13)28-15(3)11-17(16(28)4)12-18-21(25)29-24(26-22(18)30)32-23(27-29)20-6-5-9-31-20/h5-12,25H,1-4H3/b18-12-,25-21?. The molecule has 1 amide bonds. The first-order valence-corrected chi connectivity index (χ1v) is 11.0. The van der Waals surface area contributed by atoms with E-state index in [0.29, 0.717) is 16.0 Å². The molecule has 0 aliphatic carbocycles. The Kier molecular flexibility index (Phi) is 4.74. The number of benzene rings is 1. The summed E-state index contributed by atoms with van der Waals surface area (Å²) in [5, 5.41) is 15.4. The molecule has 0 fully saturated rings. The summed E-state index contributed by atoms with van der Waals surface area (Å²) in [6, 6.07) is 11.9. The number of amides is 1. The van der Waals surface area contributed by atoms with E-state index in [1.54, 1.807) is 24.5 Å². The first-order valence-electron chi connectivity index (χ1n) is 10.1. The van der Waals surface area contributed by atoms with Crippen LogP contribution in [0.3, 0.4) is 0 Å². The molecule has 160 valence electrons. The van der Waals surface area contributed by atoms with E-state index in [4.69, 9.17) is 9.83 Å². The predicted molar refractivity (Wildman–Crippen MR) is 128 cm³/mol. The van der Waals surface area contributed by atoms with Crippen molar-refractivity contribution in [2.75, 3.05) is 0 Å². The Hall–Kier alpha value is -3.65. The van der Waals surface area contributed by atoms with Crippen LogP contribution in [0.25, 0.3) is 11.8 Å². The SMILES string of the molecule is Cc1ccc(C)c(-n2c(C)cc(/C=C3/C(=N)N4N=C(c5ccco5)SC4=NC3=O)c2C)c1. The molecule has 0 radical (unpaired) electrons. The second-order valence-electron chi connectivity index (χ2n) is 7.85. The maximum atomic E-state index is 12.8. The number of aromatic nitrogens is 1. The molecule has 7 nitrogen and oxygen atoms in total. The van der Waals surface area contributed by atoms with Gasteiger partial charge in [0.2, 0.25) is 5.17 Å². The summed E-state index contributed by atoms with van der Waals surface area (Å²) < 4.78 is 7.57. The number of hydrogen-bond donors (Lipinski definition) is 1. The molecule has 4 heterocycles. The Morgan fingerprint density at radius 3 is 2.69 bits per heavy atom. The molecule has 0 saturated heterocycles. The molecule has 1 aromatic carbocycles. The van der Waals surface area contributed by atoms with Gasteiger partial charge in [0.25, 0.3) is 5.91 Å². The molecule has 2 aromatic heterocycles. The van der Waals surface area contributed by atoms with E-state index < -0.39 is 5.91 Å². The number of carbonyl (C=O) groups excluding carboxylic acids is 1. The second-order valence-corrected chi connectivity index (χ2v) is 8.81. The van der Waals surface area contributed by atoms with Gasteiger partial charge in [-0.25, -0.2) is 0 Å². The Morgan fingerprint density at radius 2 is 1.94 bits per heavy atom. The highest BCUT2D eigenvalue weighted by atomic mass is 32.2. The lowest BCUT2D eigenvalue weighted by molar-refractivity contribution is -0.114. The van der Waals surface area contributed by atoms with E-state index >= 15 is 0 Å². The van der Waals surface area contributed by atoms with Gasteiger partial charge in [0, 0.05) is 17.1 Å². The topological polar surface area (TPSA) is 86.9 Å². The van der Waals surface area contributed by atoms with Crippen molar-refractivity contribution in [2.24, 2.45) is 10.1 Å². The van der Waals surface area contributed by atoms with Crippen LogP contribution in [0, 0.1) is 33.1 Å². The maximum absolute atomic E-state index is 12.8. The highest BCUT2D eigenvalue weighted by Gasteiger charge is 2.36. The molecule has 1 N–H and O–H groups in total. The molecule has 8 heteroatoms.